The van der Waals surface area contributed by atoms with Crippen molar-refractivity contribution in [1.82, 2.24) is 9.78 Å². The fourth-order valence-corrected chi connectivity index (χ4v) is 1.47. The Morgan fingerprint density at radius 3 is 2.60 bits per heavy atom. The molecule has 0 radical (unpaired) electrons. The topological polar surface area (TPSA) is 27.1 Å². The molecule has 3 nitrogen and oxygen atoms in total. The minimum absolute atomic E-state index is 0.0201. The quantitative estimate of drug-likeness (QED) is 0.714. The molecule has 0 aliphatic rings. The van der Waals surface area contributed by atoms with E-state index in [9.17, 15) is 0 Å². The number of nitrogens with zero attached hydrogens (tertiary/aromatic N) is 2. The standard InChI is InChI=1S/C12H16N2O/c1-12(2,3)14-8-9-5-6-10(15-4)7-11(9)13-14/h5-8H,1-4H3. The smallest absolute Gasteiger partial charge is 0.121 e. The molecule has 0 aliphatic carbocycles. The summed E-state index contributed by atoms with van der Waals surface area (Å²) < 4.78 is 7.15. The predicted octanol–water partition coefficient (Wildman–Crippen LogP) is 2.80. The van der Waals surface area contributed by atoms with Gasteiger partial charge in [-0.15, -0.1) is 0 Å². The van der Waals surface area contributed by atoms with Gasteiger partial charge in [-0.1, -0.05) is 0 Å². The molecule has 2 aromatic rings. The molecule has 3 heteroatoms. The Kier molecular flexibility index (Phi) is 2.18. The number of rotatable bonds is 1. The zero-order valence-electron chi connectivity index (χ0n) is 9.61. The maximum absolute atomic E-state index is 5.17. The van der Waals surface area contributed by atoms with E-state index in [0.717, 1.165) is 16.7 Å². The molecule has 1 aromatic heterocycles. The van der Waals surface area contributed by atoms with Crippen molar-refractivity contribution < 1.29 is 4.74 Å². The molecular formula is C12H16N2O. The number of hydrogen-bond acceptors (Lipinski definition) is 2. The Balaban J connectivity index is 2.56. The van der Waals surface area contributed by atoms with E-state index in [1.165, 1.54) is 0 Å². The molecule has 2 rings (SSSR count). The van der Waals surface area contributed by atoms with Crippen LogP contribution in [-0.2, 0) is 5.54 Å². The van der Waals surface area contributed by atoms with Crippen LogP contribution >= 0.6 is 0 Å². The normalized spacial score (nSPS) is 12.0. The van der Waals surface area contributed by atoms with Crippen LogP contribution in [0.4, 0.5) is 0 Å². The summed E-state index contributed by atoms with van der Waals surface area (Å²) in [6.45, 7) is 6.41. The van der Waals surface area contributed by atoms with Gasteiger partial charge in [0.25, 0.3) is 0 Å². The van der Waals surface area contributed by atoms with Gasteiger partial charge in [0.2, 0.25) is 0 Å². The zero-order chi connectivity index (χ0) is 11.1. The van der Waals surface area contributed by atoms with Crippen molar-refractivity contribution in [3.8, 4) is 5.75 Å². The molecular weight excluding hydrogens is 188 g/mol. The fourth-order valence-electron chi connectivity index (χ4n) is 1.47. The molecule has 0 fully saturated rings. The first kappa shape index (κ1) is 10.0. The van der Waals surface area contributed by atoms with Crippen LogP contribution in [0.5, 0.6) is 5.75 Å². The molecule has 0 aliphatic heterocycles. The second kappa shape index (κ2) is 3.26. The molecule has 1 aromatic carbocycles. The first-order valence-corrected chi connectivity index (χ1v) is 5.04. The first-order valence-electron chi connectivity index (χ1n) is 5.04. The molecule has 0 N–H and O–H groups in total. The number of ether oxygens (including phenoxy) is 1. The molecule has 0 bridgehead atoms. The van der Waals surface area contributed by atoms with Gasteiger partial charge in [0.05, 0.1) is 18.2 Å². The molecule has 1 heterocycles. The first-order chi connectivity index (χ1) is 7.00. The zero-order valence-corrected chi connectivity index (χ0v) is 9.61. The van der Waals surface area contributed by atoms with E-state index < -0.39 is 0 Å². The lowest BCUT2D eigenvalue weighted by Gasteiger charge is -2.18. The maximum atomic E-state index is 5.17. The summed E-state index contributed by atoms with van der Waals surface area (Å²) in [5.41, 5.74) is 0.996. The fraction of sp³-hybridized carbons (Fsp3) is 0.417. The minimum atomic E-state index is 0.0201. The lowest BCUT2D eigenvalue weighted by Crippen LogP contribution is -2.21. The van der Waals surface area contributed by atoms with E-state index in [1.807, 2.05) is 22.9 Å². The van der Waals surface area contributed by atoms with Gasteiger partial charge in [0, 0.05) is 17.6 Å². The van der Waals surface area contributed by atoms with E-state index in [4.69, 9.17) is 4.74 Å². The van der Waals surface area contributed by atoms with Crippen LogP contribution in [0.2, 0.25) is 0 Å². The lowest BCUT2D eigenvalue weighted by atomic mass is 10.1. The van der Waals surface area contributed by atoms with E-state index in [0.29, 0.717) is 0 Å². The minimum Gasteiger partial charge on any atom is -0.497 e. The highest BCUT2D eigenvalue weighted by Gasteiger charge is 2.14. The van der Waals surface area contributed by atoms with Crippen LogP contribution in [-0.4, -0.2) is 16.9 Å². The van der Waals surface area contributed by atoms with Gasteiger partial charge in [0.1, 0.15) is 5.75 Å². The average Bonchev–Trinajstić information content (AvgIpc) is 2.59. The Hall–Kier alpha value is -1.51. The molecule has 0 amide bonds. The number of fused-ring (bicyclic) bond motifs is 1. The average molecular weight is 204 g/mol. The third-order valence-corrected chi connectivity index (χ3v) is 2.40. The molecule has 80 valence electrons. The molecule has 0 saturated heterocycles. The van der Waals surface area contributed by atoms with Crippen LogP contribution in [0.1, 0.15) is 20.8 Å². The summed E-state index contributed by atoms with van der Waals surface area (Å²) >= 11 is 0. The van der Waals surface area contributed by atoms with Gasteiger partial charge in [-0.05, 0) is 32.9 Å². The second-order valence-corrected chi connectivity index (χ2v) is 4.67. The maximum Gasteiger partial charge on any atom is 0.121 e. The van der Waals surface area contributed by atoms with Crippen molar-refractivity contribution >= 4 is 10.9 Å². The van der Waals surface area contributed by atoms with Crippen molar-refractivity contribution in [2.75, 3.05) is 7.11 Å². The van der Waals surface area contributed by atoms with Crippen molar-refractivity contribution in [2.45, 2.75) is 26.3 Å². The molecule has 15 heavy (non-hydrogen) atoms. The van der Waals surface area contributed by atoms with E-state index >= 15 is 0 Å². The monoisotopic (exact) mass is 204 g/mol. The highest BCUT2D eigenvalue weighted by atomic mass is 16.5. The van der Waals surface area contributed by atoms with Gasteiger partial charge >= 0.3 is 0 Å². The van der Waals surface area contributed by atoms with Gasteiger partial charge in [0.15, 0.2) is 0 Å². The van der Waals surface area contributed by atoms with Crippen molar-refractivity contribution in [2.24, 2.45) is 0 Å². The molecule has 0 spiro atoms. The lowest BCUT2D eigenvalue weighted by molar-refractivity contribution is 0.358. The summed E-state index contributed by atoms with van der Waals surface area (Å²) in [7, 11) is 1.67. The largest absolute Gasteiger partial charge is 0.497 e. The third kappa shape index (κ3) is 1.82. The molecule has 0 atom stereocenters. The van der Waals surface area contributed by atoms with Crippen molar-refractivity contribution in [3.63, 3.8) is 0 Å². The van der Waals surface area contributed by atoms with Crippen LogP contribution in [0.15, 0.2) is 24.4 Å². The van der Waals surface area contributed by atoms with Crippen LogP contribution in [0, 0.1) is 0 Å². The third-order valence-electron chi connectivity index (χ3n) is 2.40. The summed E-state index contributed by atoms with van der Waals surface area (Å²) in [5.74, 6) is 0.849. The Morgan fingerprint density at radius 1 is 1.27 bits per heavy atom. The number of aromatic nitrogens is 2. The number of hydrogen-bond donors (Lipinski definition) is 0. The van der Waals surface area contributed by atoms with E-state index in [1.54, 1.807) is 7.11 Å². The van der Waals surface area contributed by atoms with Crippen LogP contribution in [0.3, 0.4) is 0 Å². The second-order valence-electron chi connectivity index (χ2n) is 4.67. The van der Waals surface area contributed by atoms with Gasteiger partial charge in [-0.25, -0.2) is 0 Å². The van der Waals surface area contributed by atoms with Crippen LogP contribution < -0.4 is 4.74 Å². The van der Waals surface area contributed by atoms with Crippen molar-refractivity contribution in [3.05, 3.63) is 24.4 Å². The van der Waals surface area contributed by atoms with E-state index in [-0.39, 0.29) is 5.54 Å². The summed E-state index contributed by atoms with van der Waals surface area (Å²) in [6.07, 6.45) is 2.06. The summed E-state index contributed by atoms with van der Waals surface area (Å²) in [5, 5.41) is 5.67. The SMILES string of the molecule is COc1ccc2cn(C(C)(C)C)nc2c1. The Morgan fingerprint density at radius 2 is 2.00 bits per heavy atom. The predicted molar refractivity (Wildman–Crippen MR) is 61.3 cm³/mol. The summed E-state index contributed by atoms with van der Waals surface area (Å²) in [6, 6.07) is 5.94. The van der Waals surface area contributed by atoms with Gasteiger partial charge < -0.3 is 4.74 Å². The number of methoxy groups -OCH3 is 1. The Labute approximate surface area is 89.7 Å². The van der Waals surface area contributed by atoms with Crippen LogP contribution in [0.25, 0.3) is 10.9 Å². The summed E-state index contributed by atoms with van der Waals surface area (Å²) in [4.78, 5) is 0. The van der Waals surface area contributed by atoms with Gasteiger partial charge in [-0.3, -0.25) is 4.68 Å². The van der Waals surface area contributed by atoms with E-state index in [2.05, 4.69) is 32.1 Å². The van der Waals surface area contributed by atoms with Crippen molar-refractivity contribution in [1.29, 1.82) is 0 Å². The highest BCUT2D eigenvalue weighted by molar-refractivity contribution is 5.79. The Bertz CT molecular complexity index is 480. The highest BCUT2D eigenvalue weighted by Crippen LogP contribution is 2.22. The van der Waals surface area contributed by atoms with Gasteiger partial charge in [-0.2, -0.15) is 5.10 Å². The number of benzene rings is 1. The molecule has 0 saturated carbocycles. The molecule has 0 unspecified atom stereocenters.